The van der Waals surface area contributed by atoms with E-state index in [0.29, 0.717) is 0 Å². The Morgan fingerprint density at radius 3 is 2.20 bits per heavy atom. The summed E-state index contributed by atoms with van der Waals surface area (Å²) in [6, 6.07) is 8.46. The zero-order chi connectivity index (χ0) is 14.6. The molecule has 0 atom stereocenters. The summed E-state index contributed by atoms with van der Waals surface area (Å²) in [6.45, 7) is 8.44. The van der Waals surface area contributed by atoms with Gasteiger partial charge in [0.25, 0.3) is 0 Å². The molecule has 0 N–H and O–H groups in total. The molecule has 1 aromatic carbocycles. The summed E-state index contributed by atoms with van der Waals surface area (Å²) in [6.07, 6.45) is 7.16. The third-order valence-electron chi connectivity index (χ3n) is 3.86. The summed E-state index contributed by atoms with van der Waals surface area (Å²) < 4.78 is 0. The van der Waals surface area contributed by atoms with Crippen molar-refractivity contribution in [2.75, 3.05) is 13.1 Å². The van der Waals surface area contributed by atoms with Crippen molar-refractivity contribution in [1.29, 1.82) is 0 Å². The van der Waals surface area contributed by atoms with E-state index in [9.17, 15) is 4.79 Å². The van der Waals surface area contributed by atoms with Crippen LogP contribution in [0.3, 0.4) is 0 Å². The fraction of sp³-hybridized carbons (Fsp3) is 0.500. The minimum absolute atomic E-state index is 0.143. The molecule has 1 amide bonds. The molecule has 0 aliphatic carbocycles. The van der Waals surface area contributed by atoms with Crippen molar-refractivity contribution in [3.8, 4) is 0 Å². The topological polar surface area (TPSA) is 20.3 Å². The van der Waals surface area contributed by atoms with Crippen LogP contribution in [0.4, 0.5) is 0 Å². The van der Waals surface area contributed by atoms with Gasteiger partial charge >= 0.3 is 0 Å². The van der Waals surface area contributed by atoms with Crippen molar-refractivity contribution in [2.45, 2.75) is 45.4 Å². The molecule has 0 radical (unpaired) electrons. The van der Waals surface area contributed by atoms with Crippen LogP contribution in [0.15, 0.2) is 30.3 Å². The average Bonchev–Trinajstić information content (AvgIpc) is 2.45. The molecule has 1 heterocycles. The number of amides is 1. The normalized spacial score (nSPS) is 16.6. The summed E-state index contributed by atoms with van der Waals surface area (Å²) in [4.78, 5) is 14.0. The fourth-order valence-corrected chi connectivity index (χ4v) is 2.48. The maximum Gasteiger partial charge on any atom is 0.246 e. The number of likely N-dealkylation sites (tertiary alicyclic amines) is 1. The van der Waals surface area contributed by atoms with Gasteiger partial charge in [0.1, 0.15) is 0 Å². The molecule has 2 rings (SSSR count). The van der Waals surface area contributed by atoms with Crippen LogP contribution in [0.2, 0.25) is 0 Å². The zero-order valence-electron chi connectivity index (χ0n) is 12.9. The molecule has 0 spiro atoms. The monoisotopic (exact) mass is 271 g/mol. The summed E-state index contributed by atoms with van der Waals surface area (Å²) in [5.41, 5.74) is 2.58. The largest absolute Gasteiger partial charge is 0.339 e. The van der Waals surface area contributed by atoms with E-state index in [1.807, 2.05) is 11.0 Å². The second-order valence-corrected chi connectivity index (χ2v) is 6.59. The third kappa shape index (κ3) is 3.96. The molecule has 1 fully saturated rings. The fourth-order valence-electron chi connectivity index (χ4n) is 2.48. The highest BCUT2D eigenvalue weighted by molar-refractivity contribution is 5.91. The van der Waals surface area contributed by atoms with Crippen LogP contribution in [0.25, 0.3) is 6.08 Å². The molecule has 1 aliphatic rings. The van der Waals surface area contributed by atoms with Crippen molar-refractivity contribution < 1.29 is 4.79 Å². The van der Waals surface area contributed by atoms with Crippen LogP contribution in [-0.4, -0.2) is 23.9 Å². The predicted molar refractivity (Wildman–Crippen MR) is 84.6 cm³/mol. The van der Waals surface area contributed by atoms with Gasteiger partial charge in [0.15, 0.2) is 0 Å². The Labute approximate surface area is 122 Å². The molecule has 20 heavy (non-hydrogen) atoms. The summed E-state index contributed by atoms with van der Waals surface area (Å²) >= 11 is 0. The van der Waals surface area contributed by atoms with E-state index < -0.39 is 0 Å². The molecule has 0 aromatic heterocycles. The number of hydrogen-bond donors (Lipinski definition) is 0. The van der Waals surface area contributed by atoms with E-state index in [4.69, 9.17) is 0 Å². The number of carbonyl (C=O) groups is 1. The van der Waals surface area contributed by atoms with Gasteiger partial charge in [0, 0.05) is 19.2 Å². The first-order valence-electron chi connectivity index (χ1n) is 7.54. The lowest BCUT2D eigenvalue weighted by molar-refractivity contribution is -0.126. The quantitative estimate of drug-likeness (QED) is 0.744. The van der Waals surface area contributed by atoms with E-state index >= 15 is 0 Å². The Bertz CT molecular complexity index is 473. The van der Waals surface area contributed by atoms with Crippen molar-refractivity contribution >= 4 is 12.0 Å². The number of rotatable bonds is 2. The molecule has 1 aliphatic heterocycles. The van der Waals surface area contributed by atoms with Crippen LogP contribution >= 0.6 is 0 Å². The van der Waals surface area contributed by atoms with Crippen LogP contribution < -0.4 is 0 Å². The number of benzene rings is 1. The molecule has 1 saturated heterocycles. The van der Waals surface area contributed by atoms with Crippen molar-refractivity contribution in [3.63, 3.8) is 0 Å². The smallest absolute Gasteiger partial charge is 0.246 e. The van der Waals surface area contributed by atoms with E-state index in [0.717, 1.165) is 31.5 Å². The third-order valence-corrected chi connectivity index (χ3v) is 3.86. The van der Waals surface area contributed by atoms with Crippen LogP contribution in [-0.2, 0) is 10.2 Å². The first kappa shape index (κ1) is 14.8. The van der Waals surface area contributed by atoms with E-state index in [-0.39, 0.29) is 11.3 Å². The van der Waals surface area contributed by atoms with Crippen molar-refractivity contribution in [3.05, 3.63) is 41.5 Å². The van der Waals surface area contributed by atoms with Gasteiger partial charge in [-0.2, -0.15) is 0 Å². The van der Waals surface area contributed by atoms with Gasteiger partial charge in [-0.25, -0.2) is 0 Å². The molecule has 0 saturated carbocycles. The van der Waals surface area contributed by atoms with Gasteiger partial charge in [0.2, 0.25) is 5.91 Å². The lowest BCUT2D eigenvalue weighted by Gasteiger charge is -2.25. The first-order chi connectivity index (χ1) is 9.47. The van der Waals surface area contributed by atoms with Crippen molar-refractivity contribution in [2.24, 2.45) is 0 Å². The summed E-state index contributed by atoms with van der Waals surface area (Å²) in [5.74, 6) is 0.143. The van der Waals surface area contributed by atoms with Crippen LogP contribution in [0.5, 0.6) is 0 Å². The number of carbonyl (C=O) groups excluding carboxylic acids is 1. The number of hydrogen-bond acceptors (Lipinski definition) is 1. The van der Waals surface area contributed by atoms with Gasteiger partial charge in [-0.1, -0.05) is 45.0 Å². The highest BCUT2D eigenvalue weighted by Gasteiger charge is 2.14. The van der Waals surface area contributed by atoms with Gasteiger partial charge < -0.3 is 4.90 Å². The number of nitrogens with zero attached hydrogens (tertiary/aromatic N) is 1. The highest BCUT2D eigenvalue weighted by atomic mass is 16.2. The Kier molecular flexibility index (Phi) is 4.64. The zero-order valence-corrected chi connectivity index (χ0v) is 12.9. The number of piperidine rings is 1. The Balaban J connectivity index is 1.98. The Hall–Kier alpha value is -1.57. The van der Waals surface area contributed by atoms with E-state index in [1.165, 1.54) is 12.0 Å². The molecule has 108 valence electrons. The average molecular weight is 271 g/mol. The molecule has 1 aromatic rings. The van der Waals surface area contributed by atoms with Crippen LogP contribution in [0, 0.1) is 0 Å². The summed E-state index contributed by atoms with van der Waals surface area (Å²) in [7, 11) is 0. The lowest BCUT2D eigenvalue weighted by atomic mass is 9.87. The Morgan fingerprint density at radius 2 is 1.65 bits per heavy atom. The molecule has 0 unspecified atom stereocenters. The van der Waals surface area contributed by atoms with Gasteiger partial charge in [-0.15, -0.1) is 0 Å². The SMILES string of the molecule is CC(C)(C)c1ccc(C=CC(=O)N2CCCCC2)cc1. The molecule has 0 bridgehead atoms. The van der Waals surface area contributed by atoms with Gasteiger partial charge in [-0.3, -0.25) is 4.79 Å². The standard InChI is InChI=1S/C18H25NO/c1-18(2,3)16-10-7-15(8-11-16)9-12-17(20)19-13-5-4-6-14-19/h7-12H,4-6,13-14H2,1-3H3. The van der Waals surface area contributed by atoms with Gasteiger partial charge in [-0.05, 0) is 41.9 Å². The summed E-state index contributed by atoms with van der Waals surface area (Å²) in [5, 5.41) is 0. The highest BCUT2D eigenvalue weighted by Crippen LogP contribution is 2.22. The molecular formula is C18H25NO. The maximum absolute atomic E-state index is 12.0. The minimum atomic E-state index is 0.143. The van der Waals surface area contributed by atoms with Gasteiger partial charge in [0.05, 0.1) is 0 Å². The molecular weight excluding hydrogens is 246 g/mol. The second kappa shape index (κ2) is 6.25. The second-order valence-electron chi connectivity index (χ2n) is 6.59. The maximum atomic E-state index is 12.0. The predicted octanol–water partition coefficient (Wildman–Crippen LogP) is 4.01. The Morgan fingerprint density at radius 1 is 1.05 bits per heavy atom. The first-order valence-corrected chi connectivity index (χ1v) is 7.54. The molecule has 2 heteroatoms. The van der Waals surface area contributed by atoms with Crippen LogP contribution in [0.1, 0.15) is 51.2 Å². The lowest BCUT2D eigenvalue weighted by Crippen LogP contribution is -2.34. The van der Waals surface area contributed by atoms with E-state index in [2.05, 4.69) is 45.0 Å². The van der Waals surface area contributed by atoms with Crippen molar-refractivity contribution in [1.82, 2.24) is 4.90 Å². The minimum Gasteiger partial charge on any atom is -0.339 e. The molecule has 2 nitrogen and oxygen atoms in total. The van der Waals surface area contributed by atoms with E-state index in [1.54, 1.807) is 6.08 Å².